The topological polar surface area (TPSA) is 91.4 Å². The first-order chi connectivity index (χ1) is 13.9. The molecule has 0 radical (unpaired) electrons. The zero-order chi connectivity index (χ0) is 21.0. The molecule has 9 heteroatoms. The smallest absolute Gasteiger partial charge is 0.257 e. The van der Waals surface area contributed by atoms with Crippen LogP contribution in [0, 0.1) is 13.8 Å². The van der Waals surface area contributed by atoms with Crippen LogP contribution in [-0.2, 0) is 11.8 Å². The van der Waals surface area contributed by atoms with Crippen LogP contribution in [-0.4, -0.2) is 41.1 Å². The van der Waals surface area contributed by atoms with Crippen LogP contribution < -0.4 is 10.1 Å². The van der Waals surface area contributed by atoms with Crippen molar-refractivity contribution in [1.82, 2.24) is 20.3 Å². The fraction of sp³-hybridized carbons (Fsp3) is 0.350. The molecule has 1 N–H and O–H groups in total. The molecule has 8 nitrogen and oxygen atoms in total. The van der Waals surface area contributed by atoms with Gasteiger partial charge in [0.15, 0.2) is 0 Å². The van der Waals surface area contributed by atoms with Gasteiger partial charge < -0.3 is 19.3 Å². The molecule has 0 unspecified atom stereocenters. The highest BCUT2D eigenvalue weighted by molar-refractivity contribution is 6.30. The Balaban J connectivity index is 1.95. The zero-order valence-electron chi connectivity index (χ0n) is 16.8. The minimum atomic E-state index is -0.268. The van der Waals surface area contributed by atoms with Gasteiger partial charge >= 0.3 is 0 Å². The lowest BCUT2D eigenvalue weighted by atomic mass is 10.1. The number of amides is 1. The maximum absolute atomic E-state index is 12.8. The number of ether oxygens (including phenoxy) is 2. The summed E-state index contributed by atoms with van der Waals surface area (Å²) in [6, 6.07) is 6.98. The Morgan fingerprint density at radius 3 is 2.69 bits per heavy atom. The Hall–Kier alpha value is -2.84. The SMILES string of the molecule is COCCCNC(=O)c1c(-c2c(C)nn(C)c2Oc2ccc(Cl)cc2)noc1C. The number of nitrogens with one attached hydrogen (secondary N) is 1. The largest absolute Gasteiger partial charge is 0.439 e. The van der Waals surface area contributed by atoms with E-state index in [0.717, 1.165) is 0 Å². The molecule has 2 aromatic heterocycles. The third kappa shape index (κ3) is 4.60. The third-order valence-corrected chi connectivity index (χ3v) is 4.59. The quantitative estimate of drug-likeness (QED) is 0.558. The van der Waals surface area contributed by atoms with Crippen LogP contribution in [0.2, 0.25) is 5.02 Å². The van der Waals surface area contributed by atoms with Crippen molar-refractivity contribution in [1.29, 1.82) is 0 Å². The summed E-state index contributed by atoms with van der Waals surface area (Å²) in [5.74, 6) is 1.19. The molecular weight excluding hydrogens is 396 g/mol. The summed E-state index contributed by atoms with van der Waals surface area (Å²) >= 11 is 5.95. The lowest BCUT2D eigenvalue weighted by Crippen LogP contribution is -2.26. The fourth-order valence-electron chi connectivity index (χ4n) is 2.96. The molecule has 0 atom stereocenters. The predicted molar refractivity (Wildman–Crippen MR) is 109 cm³/mol. The standard InChI is InChI=1S/C20H23ClN4O4/c1-12-16(20(25(3)23-12)28-15-8-6-14(21)7-9-15)18-17(13(2)29-24-18)19(26)22-10-5-11-27-4/h6-9H,5,10-11H2,1-4H3,(H,22,26). The van der Waals surface area contributed by atoms with Crippen LogP contribution in [0.3, 0.4) is 0 Å². The molecule has 0 saturated carbocycles. The average molecular weight is 419 g/mol. The van der Waals surface area contributed by atoms with Crippen molar-refractivity contribution in [2.24, 2.45) is 7.05 Å². The van der Waals surface area contributed by atoms with Crippen molar-refractivity contribution in [3.63, 3.8) is 0 Å². The van der Waals surface area contributed by atoms with Gasteiger partial charge in [0.1, 0.15) is 22.8 Å². The average Bonchev–Trinajstić information content (AvgIpc) is 3.19. The molecule has 0 spiro atoms. The molecule has 154 valence electrons. The van der Waals surface area contributed by atoms with Crippen LogP contribution in [0.5, 0.6) is 11.6 Å². The van der Waals surface area contributed by atoms with Gasteiger partial charge in [-0.2, -0.15) is 5.10 Å². The molecule has 29 heavy (non-hydrogen) atoms. The Morgan fingerprint density at radius 2 is 2.00 bits per heavy atom. The number of benzene rings is 1. The molecule has 0 bridgehead atoms. The number of hydrogen-bond donors (Lipinski definition) is 1. The first-order valence-electron chi connectivity index (χ1n) is 9.13. The molecule has 3 rings (SSSR count). The van der Waals surface area contributed by atoms with E-state index in [-0.39, 0.29) is 5.91 Å². The van der Waals surface area contributed by atoms with E-state index in [2.05, 4.69) is 15.6 Å². The molecule has 0 fully saturated rings. The minimum absolute atomic E-state index is 0.268. The second kappa shape index (κ2) is 9.11. The van der Waals surface area contributed by atoms with E-state index in [9.17, 15) is 4.79 Å². The van der Waals surface area contributed by atoms with Gasteiger partial charge in [-0.1, -0.05) is 16.8 Å². The van der Waals surface area contributed by atoms with E-state index in [4.69, 9.17) is 25.6 Å². The fourth-order valence-corrected chi connectivity index (χ4v) is 3.08. The maximum Gasteiger partial charge on any atom is 0.257 e. The normalized spacial score (nSPS) is 10.9. The van der Waals surface area contributed by atoms with Crippen molar-refractivity contribution in [2.45, 2.75) is 20.3 Å². The van der Waals surface area contributed by atoms with E-state index < -0.39 is 0 Å². The van der Waals surface area contributed by atoms with Crippen LogP contribution in [0.1, 0.15) is 28.2 Å². The zero-order valence-corrected chi connectivity index (χ0v) is 17.5. The van der Waals surface area contributed by atoms with Gasteiger partial charge in [0, 0.05) is 32.3 Å². The number of hydrogen-bond acceptors (Lipinski definition) is 6. The van der Waals surface area contributed by atoms with Gasteiger partial charge in [0.25, 0.3) is 5.91 Å². The number of aryl methyl sites for hydroxylation is 3. The summed E-state index contributed by atoms with van der Waals surface area (Å²) in [4.78, 5) is 12.8. The Morgan fingerprint density at radius 1 is 1.28 bits per heavy atom. The maximum atomic E-state index is 12.8. The molecule has 0 aliphatic rings. The van der Waals surface area contributed by atoms with E-state index >= 15 is 0 Å². The Labute approximate surface area is 173 Å². The van der Waals surface area contributed by atoms with Gasteiger partial charge in [0.05, 0.1) is 11.3 Å². The highest BCUT2D eigenvalue weighted by Crippen LogP contribution is 2.37. The van der Waals surface area contributed by atoms with E-state index in [1.165, 1.54) is 0 Å². The van der Waals surface area contributed by atoms with Gasteiger partial charge in [-0.15, -0.1) is 0 Å². The molecule has 3 aromatic rings. The van der Waals surface area contributed by atoms with E-state index in [0.29, 0.717) is 64.5 Å². The number of nitrogens with zero attached hydrogens (tertiary/aromatic N) is 3. The van der Waals surface area contributed by atoms with Crippen molar-refractivity contribution in [3.8, 4) is 22.9 Å². The lowest BCUT2D eigenvalue weighted by molar-refractivity contribution is 0.0947. The number of aromatic nitrogens is 3. The number of rotatable bonds is 8. The van der Waals surface area contributed by atoms with Crippen molar-refractivity contribution < 1.29 is 18.8 Å². The Kier molecular flexibility index (Phi) is 6.56. The van der Waals surface area contributed by atoms with Gasteiger partial charge in [0.2, 0.25) is 5.88 Å². The molecule has 2 heterocycles. The molecule has 1 amide bonds. The second-order valence-electron chi connectivity index (χ2n) is 6.51. The Bertz CT molecular complexity index is 995. The van der Waals surface area contributed by atoms with Gasteiger partial charge in [-0.05, 0) is 44.5 Å². The number of halogens is 1. The van der Waals surface area contributed by atoms with Crippen molar-refractivity contribution in [2.75, 3.05) is 20.3 Å². The molecular formula is C20H23ClN4O4. The summed E-state index contributed by atoms with van der Waals surface area (Å²) in [7, 11) is 3.39. The summed E-state index contributed by atoms with van der Waals surface area (Å²) in [6.07, 6.45) is 0.707. The highest BCUT2D eigenvalue weighted by Gasteiger charge is 2.28. The van der Waals surface area contributed by atoms with E-state index in [1.807, 2.05) is 6.92 Å². The van der Waals surface area contributed by atoms with Crippen LogP contribution in [0.4, 0.5) is 0 Å². The number of carbonyl (C=O) groups excluding carboxylic acids is 1. The van der Waals surface area contributed by atoms with Gasteiger partial charge in [-0.3, -0.25) is 4.79 Å². The van der Waals surface area contributed by atoms with Crippen LogP contribution in [0.25, 0.3) is 11.3 Å². The van der Waals surface area contributed by atoms with Gasteiger partial charge in [-0.25, -0.2) is 4.68 Å². The van der Waals surface area contributed by atoms with Crippen molar-refractivity contribution >= 4 is 17.5 Å². The molecule has 0 saturated heterocycles. The van der Waals surface area contributed by atoms with Crippen molar-refractivity contribution in [3.05, 3.63) is 46.3 Å². The monoisotopic (exact) mass is 418 g/mol. The number of methoxy groups -OCH3 is 1. The summed E-state index contributed by atoms with van der Waals surface area (Å²) in [6.45, 7) is 4.58. The lowest BCUT2D eigenvalue weighted by Gasteiger charge is -2.09. The number of carbonyl (C=O) groups is 1. The summed E-state index contributed by atoms with van der Waals surface area (Å²) in [5, 5.41) is 12.0. The molecule has 1 aromatic carbocycles. The predicted octanol–water partition coefficient (Wildman–Crippen LogP) is 3.90. The minimum Gasteiger partial charge on any atom is -0.439 e. The summed E-state index contributed by atoms with van der Waals surface area (Å²) in [5.41, 5.74) is 2.01. The summed E-state index contributed by atoms with van der Waals surface area (Å²) < 4.78 is 18.0. The second-order valence-corrected chi connectivity index (χ2v) is 6.95. The third-order valence-electron chi connectivity index (χ3n) is 4.34. The first kappa shape index (κ1) is 20.9. The van der Waals surface area contributed by atoms with E-state index in [1.54, 1.807) is 50.0 Å². The highest BCUT2D eigenvalue weighted by atomic mass is 35.5. The van der Waals surface area contributed by atoms with Crippen LogP contribution in [0.15, 0.2) is 28.8 Å². The molecule has 0 aliphatic carbocycles. The van der Waals surface area contributed by atoms with Crippen LogP contribution >= 0.6 is 11.6 Å². The molecule has 0 aliphatic heterocycles. The first-order valence-corrected chi connectivity index (χ1v) is 9.51.